The van der Waals surface area contributed by atoms with Crippen LogP contribution in [-0.2, 0) is 4.79 Å². The molecule has 0 saturated heterocycles. The van der Waals surface area contributed by atoms with Gasteiger partial charge in [0.25, 0.3) is 0 Å². The minimum atomic E-state index is -2.75. The van der Waals surface area contributed by atoms with Crippen molar-refractivity contribution in [3.63, 3.8) is 0 Å². The van der Waals surface area contributed by atoms with Crippen LogP contribution in [0.1, 0.15) is 32.3 Å². The van der Waals surface area contributed by atoms with Gasteiger partial charge in [0.05, 0.1) is 27.3 Å². The zero-order valence-corrected chi connectivity index (χ0v) is 16.6. The Labute approximate surface area is 169 Å². The van der Waals surface area contributed by atoms with E-state index < -0.39 is 18.6 Å². The average molecular weight is 415 g/mol. The Balaban J connectivity index is 1.50. The first-order chi connectivity index (χ1) is 13.9. The van der Waals surface area contributed by atoms with Gasteiger partial charge in [0.15, 0.2) is 5.13 Å². The van der Waals surface area contributed by atoms with E-state index in [1.807, 2.05) is 24.3 Å². The Morgan fingerprint density at radius 3 is 2.45 bits per heavy atom. The Hall–Kier alpha value is -3.07. The van der Waals surface area contributed by atoms with Gasteiger partial charge in [0, 0.05) is 0 Å². The van der Waals surface area contributed by atoms with Crippen LogP contribution in [0.2, 0.25) is 0 Å². The Bertz CT molecular complexity index is 1140. The smallest absolute Gasteiger partial charge is 0.320 e. The standard InChI is InChI=1S/C20H19F2N5OS/c1-11(17-25-13-7-3-5-9-15(13)27(17)19(21)22)23-18(28)12(2)24-20-26-14-8-4-6-10-16(14)29-20/h3-12,19H,1-2H3,(H,23,28)(H,24,26)/t11-,12+/m1/s1. The monoisotopic (exact) mass is 415 g/mol. The molecule has 2 N–H and O–H groups in total. The van der Waals surface area contributed by atoms with Crippen molar-refractivity contribution < 1.29 is 13.6 Å². The summed E-state index contributed by atoms with van der Waals surface area (Å²) >= 11 is 1.45. The number of hydrogen-bond donors (Lipinski definition) is 2. The SMILES string of the molecule is C[C@H](Nc1nc2ccccc2s1)C(=O)N[C@H](C)c1nc2ccccc2n1C(F)F. The molecular formula is C20H19F2N5OS. The number of anilines is 1. The molecule has 0 aliphatic carbocycles. The second kappa shape index (κ2) is 7.75. The van der Waals surface area contributed by atoms with Crippen molar-refractivity contribution in [2.75, 3.05) is 5.32 Å². The molecule has 6 nitrogen and oxygen atoms in total. The molecular weight excluding hydrogens is 396 g/mol. The number of carbonyl (C=O) groups excluding carboxylic acids is 1. The third-order valence-corrected chi connectivity index (χ3v) is 5.56. The van der Waals surface area contributed by atoms with Gasteiger partial charge in [0.2, 0.25) is 5.91 Å². The summed E-state index contributed by atoms with van der Waals surface area (Å²) in [5.41, 5.74) is 1.65. The molecule has 9 heteroatoms. The maximum atomic E-state index is 13.6. The highest BCUT2D eigenvalue weighted by Gasteiger charge is 2.24. The number of imidazole rings is 1. The van der Waals surface area contributed by atoms with Gasteiger partial charge in [-0.2, -0.15) is 8.78 Å². The lowest BCUT2D eigenvalue weighted by Gasteiger charge is -2.19. The summed E-state index contributed by atoms with van der Waals surface area (Å²) in [5.74, 6) is -0.216. The number of para-hydroxylation sites is 3. The fourth-order valence-corrected chi connectivity index (χ4v) is 4.11. The predicted octanol–water partition coefficient (Wildman–Crippen LogP) is 4.72. The van der Waals surface area contributed by atoms with Crippen molar-refractivity contribution in [3.05, 3.63) is 54.4 Å². The molecule has 2 atom stereocenters. The highest BCUT2D eigenvalue weighted by Crippen LogP contribution is 2.27. The Morgan fingerprint density at radius 2 is 1.72 bits per heavy atom. The molecule has 0 radical (unpaired) electrons. The van der Waals surface area contributed by atoms with Crippen LogP contribution in [0.3, 0.4) is 0 Å². The zero-order chi connectivity index (χ0) is 20.5. The number of benzene rings is 2. The molecule has 1 amide bonds. The quantitative estimate of drug-likeness (QED) is 0.478. The number of amides is 1. The number of thiazole rings is 1. The lowest BCUT2D eigenvalue weighted by Crippen LogP contribution is -2.39. The summed E-state index contributed by atoms with van der Waals surface area (Å²) in [6.07, 6.45) is 0. The van der Waals surface area contributed by atoms with Crippen molar-refractivity contribution >= 4 is 43.6 Å². The average Bonchev–Trinajstić information content (AvgIpc) is 3.28. The summed E-state index contributed by atoms with van der Waals surface area (Å²) < 4.78 is 29.1. The Kier molecular flexibility index (Phi) is 5.14. The number of halogens is 2. The summed E-state index contributed by atoms with van der Waals surface area (Å²) in [7, 11) is 0. The van der Waals surface area contributed by atoms with E-state index in [4.69, 9.17) is 0 Å². The van der Waals surface area contributed by atoms with E-state index in [9.17, 15) is 13.6 Å². The highest BCUT2D eigenvalue weighted by molar-refractivity contribution is 7.22. The summed E-state index contributed by atoms with van der Waals surface area (Å²) in [6.45, 7) is 0.585. The first-order valence-electron chi connectivity index (χ1n) is 9.11. The van der Waals surface area contributed by atoms with Gasteiger partial charge >= 0.3 is 6.55 Å². The number of nitrogens with one attached hydrogen (secondary N) is 2. The van der Waals surface area contributed by atoms with Crippen LogP contribution in [0.5, 0.6) is 0 Å². The number of alkyl halides is 2. The van der Waals surface area contributed by atoms with Crippen LogP contribution in [0.25, 0.3) is 21.3 Å². The molecule has 0 bridgehead atoms. The van der Waals surface area contributed by atoms with Gasteiger partial charge < -0.3 is 10.6 Å². The van der Waals surface area contributed by atoms with E-state index in [1.165, 1.54) is 11.3 Å². The molecule has 0 saturated carbocycles. The number of aromatic nitrogens is 3. The first kappa shape index (κ1) is 19.3. The summed E-state index contributed by atoms with van der Waals surface area (Å²) in [4.78, 5) is 21.4. The second-order valence-corrected chi connectivity index (χ2v) is 7.72. The summed E-state index contributed by atoms with van der Waals surface area (Å²) in [5, 5.41) is 6.46. The lowest BCUT2D eigenvalue weighted by molar-refractivity contribution is -0.122. The maximum absolute atomic E-state index is 13.6. The molecule has 2 heterocycles. The van der Waals surface area contributed by atoms with Gasteiger partial charge in [-0.05, 0) is 38.1 Å². The van der Waals surface area contributed by atoms with Gasteiger partial charge in [-0.1, -0.05) is 35.6 Å². The maximum Gasteiger partial charge on any atom is 0.320 e. The molecule has 0 unspecified atom stereocenters. The van der Waals surface area contributed by atoms with E-state index in [-0.39, 0.29) is 11.7 Å². The van der Waals surface area contributed by atoms with Crippen molar-refractivity contribution in [1.82, 2.24) is 19.9 Å². The number of fused-ring (bicyclic) bond motifs is 2. The first-order valence-corrected chi connectivity index (χ1v) is 9.93. The highest BCUT2D eigenvalue weighted by atomic mass is 32.1. The van der Waals surface area contributed by atoms with Crippen molar-refractivity contribution in [3.8, 4) is 0 Å². The molecule has 4 aromatic rings. The largest absolute Gasteiger partial charge is 0.350 e. The van der Waals surface area contributed by atoms with Crippen molar-refractivity contribution in [2.24, 2.45) is 0 Å². The molecule has 2 aromatic heterocycles. The third-order valence-electron chi connectivity index (χ3n) is 4.59. The topological polar surface area (TPSA) is 71.8 Å². The van der Waals surface area contributed by atoms with E-state index in [1.54, 1.807) is 38.1 Å². The number of rotatable bonds is 6. The van der Waals surface area contributed by atoms with Crippen LogP contribution in [0, 0.1) is 0 Å². The van der Waals surface area contributed by atoms with E-state index in [0.29, 0.717) is 16.2 Å². The number of hydrogen-bond acceptors (Lipinski definition) is 5. The molecule has 0 fully saturated rings. The molecule has 4 rings (SSSR count). The molecule has 0 aliphatic rings. The van der Waals surface area contributed by atoms with Crippen LogP contribution in [-0.4, -0.2) is 26.5 Å². The minimum absolute atomic E-state index is 0.113. The van der Waals surface area contributed by atoms with Gasteiger partial charge in [0.1, 0.15) is 11.9 Å². The molecule has 0 spiro atoms. The zero-order valence-electron chi connectivity index (χ0n) is 15.8. The fourth-order valence-electron chi connectivity index (χ4n) is 3.16. The lowest BCUT2D eigenvalue weighted by atomic mass is 10.2. The predicted molar refractivity (Wildman–Crippen MR) is 110 cm³/mol. The molecule has 2 aromatic carbocycles. The Morgan fingerprint density at radius 1 is 1.03 bits per heavy atom. The van der Waals surface area contributed by atoms with E-state index >= 15 is 0 Å². The van der Waals surface area contributed by atoms with Gasteiger partial charge in [-0.3, -0.25) is 9.36 Å². The van der Waals surface area contributed by atoms with Crippen molar-refractivity contribution in [2.45, 2.75) is 32.5 Å². The van der Waals surface area contributed by atoms with Crippen molar-refractivity contribution in [1.29, 1.82) is 0 Å². The second-order valence-electron chi connectivity index (χ2n) is 6.69. The van der Waals surface area contributed by atoms with Gasteiger partial charge in [-0.15, -0.1) is 0 Å². The third kappa shape index (κ3) is 3.77. The normalized spacial score (nSPS) is 13.7. The van der Waals surface area contributed by atoms with Gasteiger partial charge in [-0.25, -0.2) is 9.97 Å². The fraction of sp³-hybridized carbons (Fsp3) is 0.250. The van der Waals surface area contributed by atoms with Crippen LogP contribution in [0.15, 0.2) is 48.5 Å². The van der Waals surface area contributed by atoms with E-state index in [0.717, 1.165) is 14.8 Å². The van der Waals surface area contributed by atoms with Crippen LogP contribution >= 0.6 is 11.3 Å². The van der Waals surface area contributed by atoms with Crippen LogP contribution < -0.4 is 10.6 Å². The number of carbonyl (C=O) groups is 1. The molecule has 29 heavy (non-hydrogen) atoms. The minimum Gasteiger partial charge on any atom is -0.350 e. The van der Waals surface area contributed by atoms with Crippen LogP contribution in [0.4, 0.5) is 13.9 Å². The summed E-state index contributed by atoms with van der Waals surface area (Å²) in [6, 6.07) is 13.1. The molecule has 0 aliphatic heterocycles. The van der Waals surface area contributed by atoms with E-state index in [2.05, 4.69) is 20.6 Å². The number of nitrogens with zero attached hydrogens (tertiary/aromatic N) is 3. The molecule has 150 valence electrons.